The molecule has 20 heavy (non-hydrogen) atoms. The van der Waals surface area contributed by atoms with Gasteiger partial charge in [0, 0.05) is 11.4 Å². The van der Waals surface area contributed by atoms with Crippen LogP contribution in [0.15, 0.2) is 34.7 Å². The van der Waals surface area contributed by atoms with Crippen LogP contribution in [0.5, 0.6) is 0 Å². The summed E-state index contributed by atoms with van der Waals surface area (Å²) in [6.07, 6.45) is 2.94. The van der Waals surface area contributed by atoms with E-state index < -0.39 is 0 Å². The molecule has 0 spiro atoms. The molecule has 0 fully saturated rings. The Morgan fingerprint density at radius 2 is 2.25 bits per heavy atom. The summed E-state index contributed by atoms with van der Waals surface area (Å²) in [6, 6.07) is 3.96. The Bertz CT molecular complexity index is 781. The second-order valence-electron chi connectivity index (χ2n) is 4.19. The van der Waals surface area contributed by atoms with Gasteiger partial charge in [-0.25, -0.2) is 9.97 Å². The zero-order valence-electron chi connectivity index (χ0n) is 10.9. The lowest BCUT2D eigenvalue weighted by Crippen LogP contribution is -2.22. The highest BCUT2D eigenvalue weighted by Gasteiger charge is 2.08. The standard InChI is InChI=1S/C13H13N5OS/c1-2-14-13-16-6-10-12(17-13)18(11(19)7-15-10)8-9-4-3-5-20-9/h3-7H,2,8H2,1H3,(H,14,16,17). The highest BCUT2D eigenvalue weighted by atomic mass is 32.1. The number of nitrogens with one attached hydrogen (secondary N) is 1. The van der Waals surface area contributed by atoms with Crippen molar-refractivity contribution in [3.63, 3.8) is 0 Å². The molecule has 0 amide bonds. The van der Waals surface area contributed by atoms with Gasteiger partial charge in [0.2, 0.25) is 5.95 Å². The van der Waals surface area contributed by atoms with Gasteiger partial charge < -0.3 is 5.32 Å². The molecule has 0 aliphatic carbocycles. The summed E-state index contributed by atoms with van der Waals surface area (Å²) in [4.78, 5) is 25.8. The number of hydrogen-bond acceptors (Lipinski definition) is 6. The summed E-state index contributed by atoms with van der Waals surface area (Å²) in [5.74, 6) is 0.507. The van der Waals surface area contributed by atoms with E-state index in [0.29, 0.717) is 23.7 Å². The fourth-order valence-electron chi connectivity index (χ4n) is 1.91. The Balaban J connectivity index is 2.14. The fraction of sp³-hybridized carbons (Fsp3) is 0.231. The van der Waals surface area contributed by atoms with Crippen LogP contribution in [0.2, 0.25) is 0 Å². The summed E-state index contributed by atoms with van der Waals surface area (Å²) in [7, 11) is 0. The number of thiophene rings is 1. The third kappa shape index (κ3) is 2.39. The lowest BCUT2D eigenvalue weighted by atomic mass is 10.4. The Hall–Kier alpha value is -2.28. The lowest BCUT2D eigenvalue weighted by Gasteiger charge is -2.08. The quantitative estimate of drug-likeness (QED) is 0.791. The highest BCUT2D eigenvalue weighted by molar-refractivity contribution is 7.09. The van der Waals surface area contributed by atoms with Gasteiger partial charge in [-0.1, -0.05) is 6.07 Å². The van der Waals surface area contributed by atoms with E-state index in [1.807, 2.05) is 24.4 Å². The predicted octanol–water partition coefficient (Wildman–Crippen LogP) is 1.73. The van der Waals surface area contributed by atoms with Crippen LogP contribution in [-0.4, -0.2) is 26.1 Å². The monoisotopic (exact) mass is 287 g/mol. The molecule has 3 aromatic rings. The van der Waals surface area contributed by atoms with Crippen LogP contribution in [-0.2, 0) is 6.54 Å². The van der Waals surface area contributed by atoms with Gasteiger partial charge in [0.25, 0.3) is 5.56 Å². The molecule has 102 valence electrons. The van der Waals surface area contributed by atoms with Gasteiger partial charge in [-0.05, 0) is 18.4 Å². The summed E-state index contributed by atoms with van der Waals surface area (Å²) in [6.45, 7) is 3.19. The van der Waals surface area contributed by atoms with Gasteiger partial charge in [-0.2, -0.15) is 4.98 Å². The number of nitrogens with zero attached hydrogens (tertiary/aromatic N) is 4. The van der Waals surface area contributed by atoms with Crippen molar-refractivity contribution < 1.29 is 0 Å². The van der Waals surface area contributed by atoms with Crippen molar-refractivity contribution in [1.29, 1.82) is 0 Å². The van der Waals surface area contributed by atoms with Crippen molar-refractivity contribution in [2.24, 2.45) is 0 Å². The summed E-state index contributed by atoms with van der Waals surface area (Å²) in [5, 5.41) is 5.03. The van der Waals surface area contributed by atoms with E-state index >= 15 is 0 Å². The number of anilines is 1. The van der Waals surface area contributed by atoms with Crippen molar-refractivity contribution in [2.45, 2.75) is 13.5 Å². The van der Waals surface area contributed by atoms with E-state index in [1.165, 1.54) is 6.20 Å². The molecule has 3 rings (SSSR count). The van der Waals surface area contributed by atoms with Crippen LogP contribution in [0, 0.1) is 0 Å². The maximum absolute atomic E-state index is 12.1. The van der Waals surface area contributed by atoms with Crippen molar-refractivity contribution in [2.75, 3.05) is 11.9 Å². The van der Waals surface area contributed by atoms with E-state index in [1.54, 1.807) is 22.1 Å². The summed E-state index contributed by atoms with van der Waals surface area (Å²) < 4.78 is 1.62. The molecule has 0 unspecified atom stereocenters. The SMILES string of the molecule is CCNc1ncc2ncc(=O)n(Cc3cccs3)c2n1. The van der Waals surface area contributed by atoms with E-state index in [-0.39, 0.29) is 5.56 Å². The van der Waals surface area contributed by atoms with E-state index in [2.05, 4.69) is 20.3 Å². The van der Waals surface area contributed by atoms with Crippen LogP contribution < -0.4 is 10.9 Å². The van der Waals surface area contributed by atoms with Crippen LogP contribution in [0.4, 0.5) is 5.95 Å². The number of hydrogen-bond donors (Lipinski definition) is 1. The largest absolute Gasteiger partial charge is 0.354 e. The minimum absolute atomic E-state index is 0.160. The molecule has 0 atom stereocenters. The van der Waals surface area contributed by atoms with Crippen LogP contribution in [0.1, 0.15) is 11.8 Å². The number of fused-ring (bicyclic) bond motifs is 1. The van der Waals surface area contributed by atoms with E-state index in [9.17, 15) is 4.79 Å². The molecule has 0 aliphatic heterocycles. The highest BCUT2D eigenvalue weighted by Crippen LogP contribution is 2.13. The predicted molar refractivity (Wildman–Crippen MR) is 79.2 cm³/mol. The van der Waals surface area contributed by atoms with Gasteiger partial charge in [-0.3, -0.25) is 9.36 Å². The van der Waals surface area contributed by atoms with Gasteiger partial charge >= 0.3 is 0 Å². The maximum atomic E-state index is 12.1. The first-order valence-electron chi connectivity index (χ1n) is 6.27. The van der Waals surface area contributed by atoms with Crippen molar-refractivity contribution in [3.05, 3.63) is 45.1 Å². The molecule has 0 saturated carbocycles. The third-order valence-electron chi connectivity index (χ3n) is 2.81. The fourth-order valence-corrected chi connectivity index (χ4v) is 2.60. The molecule has 3 heterocycles. The first-order chi connectivity index (χ1) is 9.78. The molecule has 1 N–H and O–H groups in total. The minimum Gasteiger partial charge on any atom is -0.354 e. The Morgan fingerprint density at radius 1 is 1.35 bits per heavy atom. The van der Waals surface area contributed by atoms with Crippen molar-refractivity contribution in [1.82, 2.24) is 19.5 Å². The Morgan fingerprint density at radius 3 is 3.00 bits per heavy atom. The van der Waals surface area contributed by atoms with Gasteiger partial charge in [0.05, 0.1) is 18.9 Å². The third-order valence-corrected chi connectivity index (χ3v) is 3.68. The first-order valence-corrected chi connectivity index (χ1v) is 7.14. The number of aromatic nitrogens is 4. The van der Waals surface area contributed by atoms with Gasteiger partial charge in [-0.15, -0.1) is 11.3 Å². The molecule has 0 radical (unpaired) electrons. The molecule has 3 aromatic heterocycles. The zero-order valence-corrected chi connectivity index (χ0v) is 11.7. The van der Waals surface area contributed by atoms with Crippen LogP contribution >= 0.6 is 11.3 Å². The van der Waals surface area contributed by atoms with Crippen LogP contribution in [0.3, 0.4) is 0 Å². The average Bonchev–Trinajstić information content (AvgIpc) is 2.95. The average molecular weight is 287 g/mol. The normalized spacial score (nSPS) is 10.8. The van der Waals surface area contributed by atoms with Gasteiger partial charge in [0.15, 0.2) is 5.65 Å². The second-order valence-corrected chi connectivity index (χ2v) is 5.23. The molecule has 0 bridgehead atoms. The van der Waals surface area contributed by atoms with E-state index in [4.69, 9.17) is 0 Å². The Labute approximate surface area is 119 Å². The van der Waals surface area contributed by atoms with Crippen molar-refractivity contribution in [3.8, 4) is 0 Å². The lowest BCUT2D eigenvalue weighted by molar-refractivity contribution is 0.784. The molecule has 0 aliphatic rings. The summed E-state index contributed by atoms with van der Waals surface area (Å²) in [5.41, 5.74) is 1.01. The van der Waals surface area contributed by atoms with Crippen LogP contribution in [0.25, 0.3) is 11.2 Å². The molecule has 7 heteroatoms. The molecular formula is C13H13N5OS. The van der Waals surface area contributed by atoms with Gasteiger partial charge in [0.1, 0.15) is 5.52 Å². The number of rotatable bonds is 4. The first kappa shape index (κ1) is 12.7. The van der Waals surface area contributed by atoms with Crippen molar-refractivity contribution >= 4 is 28.4 Å². The van der Waals surface area contributed by atoms with E-state index in [0.717, 1.165) is 11.4 Å². The molecule has 6 nitrogen and oxygen atoms in total. The smallest absolute Gasteiger partial charge is 0.271 e. The zero-order chi connectivity index (χ0) is 13.9. The maximum Gasteiger partial charge on any atom is 0.271 e. The second kappa shape index (κ2) is 5.38. The Kier molecular flexibility index (Phi) is 3.42. The molecule has 0 aromatic carbocycles. The molecular weight excluding hydrogens is 274 g/mol. The minimum atomic E-state index is -0.160. The topological polar surface area (TPSA) is 72.7 Å². The summed E-state index contributed by atoms with van der Waals surface area (Å²) >= 11 is 1.61. The molecule has 0 saturated heterocycles.